The summed E-state index contributed by atoms with van der Waals surface area (Å²) in [5.41, 5.74) is 3.73. The highest BCUT2D eigenvalue weighted by Crippen LogP contribution is 2.30. The molecule has 0 amide bonds. The summed E-state index contributed by atoms with van der Waals surface area (Å²) >= 11 is 0. The van der Waals surface area contributed by atoms with Gasteiger partial charge in [0, 0.05) is 17.8 Å². The summed E-state index contributed by atoms with van der Waals surface area (Å²) in [6.45, 7) is 6.55. The second-order valence-corrected chi connectivity index (χ2v) is 7.12. The van der Waals surface area contributed by atoms with Crippen molar-refractivity contribution in [3.05, 3.63) is 71.4 Å². The zero-order valence-electron chi connectivity index (χ0n) is 16.0. The standard InChI is InChI=1S/C22H21FN4O/c1-13(2)22-26-21(27-28-22)18-11-16-6-4-5-14(3)19(16)25-20(18)24-12-15-7-9-17(23)10-8-15/h4-11,13H,12H2,1-3H3,(H,24,25). The molecule has 6 heteroatoms. The molecule has 28 heavy (non-hydrogen) atoms. The molecule has 0 unspecified atom stereocenters. The van der Waals surface area contributed by atoms with Crippen molar-refractivity contribution in [3.8, 4) is 11.4 Å². The molecule has 2 heterocycles. The number of halogens is 1. The van der Waals surface area contributed by atoms with Crippen LogP contribution in [0.1, 0.15) is 36.8 Å². The molecule has 2 aromatic carbocycles. The van der Waals surface area contributed by atoms with Crippen molar-refractivity contribution in [2.24, 2.45) is 0 Å². The molecule has 0 radical (unpaired) electrons. The minimum atomic E-state index is -0.253. The zero-order chi connectivity index (χ0) is 19.7. The first-order valence-corrected chi connectivity index (χ1v) is 9.24. The third kappa shape index (κ3) is 3.58. The third-order valence-corrected chi connectivity index (χ3v) is 4.60. The summed E-state index contributed by atoms with van der Waals surface area (Å²) in [5.74, 6) is 1.65. The van der Waals surface area contributed by atoms with Crippen molar-refractivity contribution < 1.29 is 8.91 Å². The summed E-state index contributed by atoms with van der Waals surface area (Å²) in [6, 6.07) is 14.5. The Morgan fingerprint density at radius 1 is 1.07 bits per heavy atom. The van der Waals surface area contributed by atoms with Crippen LogP contribution in [0.25, 0.3) is 22.3 Å². The van der Waals surface area contributed by atoms with Gasteiger partial charge in [-0.25, -0.2) is 9.37 Å². The molecule has 0 saturated heterocycles. The second-order valence-electron chi connectivity index (χ2n) is 7.12. The Bertz CT molecular complexity index is 1120. The highest BCUT2D eigenvalue weighted by Gasteiger charge is 2.17. The quantitative estimate of drug-likeness (QED) is 0.500. The molecule has 0 aliphatic carbocycles. The molecule has 5 nitrogen and oxygen atoms in total. The monoisotopic (exact) mass is 376 g/mol. The molecule has 0 spiro atoms. The number of hydrogen-bond acceptors (Lipinski definition) is 5. The SMILES string of the molecule is Cc1cccc2cc(-c3noc(C(C)C)n3)c(NCc3ccc(F)cc3)nc12. The van der Waals surface area contributed by atoms with Crippen molar-refractivity contribution in [2.45, 2.75) is 33.2 Å². The largest absolute Gasteiger partial charge is 0.365 e. The van der Waals surface area contributed by atoms with E-state index >= 15 is 0 Å². The predicted octanol–water partition coefficient (Wildman–Crippen LogP) is 5.47. The van der Waals surface area contributed by atoms with Gasteiger partial charge in [0.05, 0.1) is 11.1 Å². The smallest absolute Gasteiger partial charge is 0.229 e. The maximum atomic E-state index is 13.2. The van der Waals surface area contributed by atoms with Gasteiger partial charge in [0.15, 0.2) is 0 Å². The van der Waals surface area contributed by atoms with Crippen LogP contribution in [0.3, 0.4) is 0 Å². The fraction of sp³-hybridized carbons (Fsp3) is 0.227. The summed E-state index contributed by atoms with van der Waals surface area (Å²) in [6.07, 6.45) is 0. The van der Waals surface area contributed by atoms with Gasteiger partial charge in [-0.1, -0.05) is 49.3 Å². The van der Waals surface area contributed by atoms with Gasteiger partial charge in [0.25, 0.3) is 0 Å². The lowest BCUT2D eigenvalue weighted by Crippen LogP contribution is -2.04. The van der Waals surface area contributed by atoms with Gasteiger partial charge >= 0.3 is 0 Å². The lowest BCUT2D eigenvalue weighted by Gasteiger charge is -2.12. The first kappa shape index (κ1) is 18.1. The van der Waals surface area contributed by atoms with Crippen molar-refractivity contribution >= 4 is 16.7 Å². The minimum absolute atomic E-state index is 0.146. The molecule has 0 aliphatic heterocycles. The molecule has 142 valence electrons. The van der Waals surface area contributed by atoms with Crippen LogP contribution >= 0.6 is 0 Å². The fourth-order valence-corrected chi connectivity index (χ4v) is 3.02. The normalized spacial score (nSPS) is 11.3. The van der Waals surface area contributed by atoms with Gasteiger partial charge in [-0.05, 0) is 36.2 Å². The molecule has 4 rings (SSSR count). The highest BCUT2D eigenvalue weighted by molar-refractivity contribution is 5.89. The summed E-state index contributed by atoms with van der Waals surface area (Å²) in [4.78, 5) is 9.36. The molecule has 0 fully saturated rings. The Kier molecular flexibility index (Phi) is 4.77. The highest BCUT2D eigenvalue weighted by atomic mass is 19.1. The molecular formula is C22H21FN4O. The third-order valence-electron chi connectivity index (χ3n) is 4.60. The van der Waals surface area contributed by atoms with E-state index in [1.807, 2.05) is 45.0 Å². The predicted molar refractivity (Wildman–Crippen MR) is 108 cm³/mol. The van der Waals surface area contributed by atoms with E-state index in [0.717, 1.165) is 27.6 Å². The number of benzene rings is 2. The Labute approximate surface area is 162 Å². The van der Waals surface area contributed by atoms with E-state index in [-0.39, 0.29) is 11.7 Å². The van der Waals surface area contributed by atoms with E-state index in [4.69, 9.17) is 9.51 Å². The van der Waals surface area contributed by atoms with Gasteiger partial charge in [-0.3, -0.25) is 0 Å². The minimum Gasteiger partial charge on any atom is -0.365 e. The van der Waals surface area contributed by atoms with E-state index in [1.54, 1.807) is 12.1 Å². The molecule has 0 aliphatic rings. The van der Waals surface area contributed by atoms with Crippen LogP contribution in [0.4, 0.5) is 10.2 Å². The number of fused-ring (bicyclic) bond motifs is 1. The Morgan fingerprint density at radius 2 is 1.86 bits per heavy atom. The summed E-state index contributed by atoms with van der Waals surface area (Å²) < 4.78 is 18.6. The maximum absolute atomic E-state index is 13.2. The average molecular weight is 376 g/mol. The van der Waals surface area contributed by atoms with Crippen LogP contribution in [-0.2, 0) is 6.54 Å². The van der Waals surface area contributed by atoms with Crippen LogP contribution in [0.5, 0.6) is 0 Å². The van der Waals surface area contributed by atoms with Crippen LogP contribution in [-0.4, -0.2) is 15.1 Å². The van der Waals surface area contributed by atoms with E-state index < -0.39 is 0 Å². The van der Waals surface area contributed by atoms with Crippen molar-refractivity contribution in [1.82, 2.24) is 15.1 Å². The number of hydrogen-bond donors (Lipinski definition) is 1. The average Bonchev–Trinajstić information content (AvgIpc) is 3.18. The second kappa shape index (κ2) is 7.38. The molecule has 2 aromatic heterocycles. The Morgan fingerprint density at radius 3 is 2.57 bits per heavy atom. The summed E-state index contributed by atoms with van der Waals surface area (Å²) in [7, 11) is 0. The first-order chi connectivity index (χ1) is 13.5. The van der Waals surface area contributed by atoms with E-state index in [2.05, 4.69) is 15.5 Å². The molecular weight excluding hydrogens is 355 g/mol. The number of aromatic nitrogens is 3. The molecule has 0 bridgehead atoms. The van der Waals surface area contributed by atoms with Gasteiger partial charge in [0.2, 0.25) is 11.7 Å². The van der Waals surface area contributed by atoms with Crippen LogP contribution in [0, 0.1) is 12.7 Å². The Balaban J connectivity index is 1.76. The van der Waals surface area contributed by atoms with E-state index in [0.29, 0.717) is 24.1 Å². The molecule has 4 aromatic rings. The first-order valence-electron chi connectivity index (χ1n) is 9.24. The summed E-state index contributed by atoms with van der Waals surface area (Å²) in [5, 5.41) is 8.51. The van der Waals surface area contributed by atoms with Gasteiger partial charge in [-0.2, -0.15) is 4.98 Å². The number of anilines is 1. The van der Waals surface area contributed by atoms with Gasteiger partial charge in [0.1, 0.15) is 11.6 Å². The number of para-hydroxylation sites is 1. The van der Waals surface area contributed by atoms with Gasteiger partial charge in [-0.15, -0.1) is 0 Å². The maximum Gasteiger partial charge on any atom is 0.229 e. The number of aryl methyl sites for hydroxylation is 1. The van der Waals surface area contributed by atoms with Crippen LogP contribution in [0.2, 0.25) is 0 Å². The van der Waals surface area contributed by atoms with Crippen molar-refractivity contribution in [1.29, 1.82) is 0 Å². The van der Waals surface area contributed by atoms with Crippen LogP contribution in [0.15, 0.2) is 53.1 Å². The zero-order valence-corrected chi connectivity index (χ0v) is 16.0. The number of nitrogens with one attached hydrogen (secondary N) is 1. The number of nitrogens with zero attached hydrogens (tertiary/aromatic N) is 3. The lowest BCUT2D eigenvalue weighted by molar-refractivity contribution is 0.365. The fourth-order valence-electron chi connectivity index (χ4n) is 3.02. The Hall–Kier alpha value is -3.28. The topological polar surface area (TPSA) is 63.8 Å². The van der Waals surface area contributed by atoms with Gasteiger partial charge < -0.3 is 9.84 Å². The van der Waals surface area contributed by atoms with Crippen molar-refractivity contribution in [2.75, 3.05) is 5.32 Å². The number of rotatable bonds is 5. The number of pyridine rings is 1. The van der Waals surface area contributed by atoms with Crippen LogP contribution < -0.4 is 5.32 Å². The molecule has 0 atom stereocenters. The van der Waals surface area contributed by atoms with E-state index in [9.17, 15) is 4.39 Å². The van der Waals surface area contributed by atoms with E-state index in [1.165, 1.54) is 12.1 Å². The van der Waals surface area contributed by atoms with Crippen molar-refractivity contribution in [3.63, 3.8) is 0 Å². The lowest BCUT2D eigenvalue weighted by atomic mass is 10.1. The molecule has 0 saturated carbocycles. The molecule has 1 N–H and O–H groups in total.